The Morgan fingerprint density at radius 1 is 1.44 bits per heavy atom. The van der Waals surface area contributed by atoms with Gasteiger partial charge in [0.1, 0.15) is 4.90 Å². The Hall–Kier alpha value is -0.920. The van der Waals surface area contributed by atoms with E-state index in [1.165, 1.54) is 0 Å². The van der Waals surface area contributed by atoms with Crippen LogP contribution in [-0.2, 0) is 16.6 Å². The van der Waals surface area contributed by atoms with E-state index in [9.17, 15) is 8.42 Å². The lowest BCUT2D eigenvalue weighted by atomic mass is 10.3. The lowest BCUT2D eigenvalue weighted by molar-refractivity contribution is 0.553. The summed E-state index contributed by atoms with van der Waals surface area (Å²) >= 11 is 0. The van der Waals surface area contributed by atoms with Crippen molar-refractivity contribution in [1.82, 2.24) is 14.5 Å². The maximum absolute atomic E-state index is 12.3. The van der Waals surface area contributed by atoms with Crippen molar-refractivity contribution < 1.29 is 8.42 Å². The minimum Gasteiger partial charge on any atom is -0.329 e. The number of nitrogens with one attached hydrogen (secondary N) is 1. The SMILES string of the molecule is CCC(C)NS(=O)(=O)c1c(C)nn(CCN)c1C. The van der Waals surface area contributed by atoms with E-state index in [-0.39, 0.29) is 10.9 Å². The summed E-state index contributed by atoms with van der Waals surface area (Å²) in [5.74, 6) is 0. The molecule has 0 aliphatic carbocycles. The molecule has 0 aliphatic heterocycles. The third-order valence-electron chi connectivity index (χ3n) is 2.89. The molecule has 0 radical (unpaired) electrons. The lowest BCUT2D eigenvalue weighted by Gasteiger charge is -2.12. The van der Waals surface area contributed by atoms with Gasteiger partial charge in [-0.15, -0.1) is 0 Å². The number of aryl methyl sites for hydroxylation is 1. The van der Waals surface area contributed by atoms with Crippen LogP contribution in [0.1, 0.15) is 31.7 Å². The summed E-state index contributed by atoms with van der Waals surface area (Å²) in [6.07, 6.45) is 0.744. The molecule has 3 N–H and O–H groups in total. The Labute approximate surface area is 109 Å². The smallest absolute Gasteiger partial charge is 0.244 e. The molecule has 1 unspecified atom stereocenters. The van der Waals surface area contributed by atoms with Gasteiger partial charge in [0, 0.05) is 12.6 Å². The normalized spacial score (nSPS) is 13.8. The Kier molecular flexibility index (Phi) is 4.89. The van der Waals surface area contributed by atoms with Crippen LogP contribution >= 0.6 is 0 Å². The summed E-state index contributed by atoms with van der Waals surface area (Å²) in [6, 6.07) is -0.0911. The number of nitrogens with zero attached hydrogens (tertiary/aromatic N) is 2. The first-order valence-corrected chi connectivity index (χ1v) is 7.58. The van der Waals surface area contributed by atoms with Crippen LogP contribution in [0, 0.1) is 13.8 Å². The number of nitrogens with two attached hydrogens (primary N) is 1. The number of aromatic nitrogens is 2. The molecule has 0 spiro atoms. The van der Waals surface area contributed by atoms with E-state index >= 15 is 0 Å². The highest BCUT2D eigenvalue weighted by Crippen LogP contribution is 2.19. The van der Waals surface area contributed by atoms with Crippen LogP contribution in [0.15, 0.2) is 4.90 Å². The Bertz CT molecular complexity index is 507. The molecule has 1 heterocycles. The van der Waals surface area contributed by atoms with Crippen molar-refractivity contribution in [2.75, 3.05) is 6.54 Å². The molecule has 0 saturated carbocycles. The van der Waals surface area contributed by atoms with Gasteiger partial charge in [0.05, 0.1) is 17.9 Å². The molecule has 0 aliphatic rings. The molecule has 0 fully saturated rings. The van der Waals surface area contributed by atoms with Crippen molar-refractivity contribution in [3.63, 3.8) is 0 Å². The number of hydrogen-bond acceptors (Lipinski definition) is 4. The summed E-state index contributed by atoms with van der Waals surface area (Å²) in [5, 5.41) is 4.22. The van der Waals surface area contributed by atoms with Gasteiger partial charge >= 0.3 is 0 Å². The Balaban J connectivity index is 3.16. The molecule has 0 amide bonds. The van der Waals surface area contributed by atoms with E-state index < -0.39 is 10.0 Å². The maximum atomic E-state index is 12.3. The van der Waals surface area contributed by atoms with Gasteiger partial charge < -0.3 is 5.73 Å². The van der Waals surface area contributed by atoms with Crippen LogP contribution in [0.5, 0.6) is 0 Å². The molecule has 6 nitrogen and oxygen atoms in total. The molecule has 7 heteroatoms. The van der Waals surface area contributed by atoms with Crippen molar-refractivity contribution >= 4 is 10.0 Å². The second kappa shape index (κ2) is 5.81. The van der Waals surface area contributed by atoms with Gasteiger partial charge in [-0.1, -0.05) is 6.92 Å². The van der Waals surface area contributed by atoms with Gasteiger partial charge in [-0.3, -0.25) is 4.68 Å². The summed E-state index contributed by atoms with van der Waals surface area (Å²) in [6.45, 7) is 8.18. The van der Waals surface area contributed by atoms with Gasteiger partial charge in [-0.05, 0) is 27.2 Å². The highest BCUT2D eigenvalue weighted by atomic mass is 32.2. The first kappa shape index (κ1) is 15.1. The first-order valence-electron chi connectivity index (χ1n) is 6.09. The average Bonchev–Trinajstić information content (AvgIpc) is 2.54. The Morgan fingerprint density at radius 2 is 2.06 bits per heavy atom. The van der Waals surface area contributed by atoms with Crippen LogP contribution in [0.3, 0.4) is 0 Å². The lowest BCUT2D eigenvalue weighted by Crippen LogP contribution is -2.32. The molecule has 1 atom stereocenters. The van der Waals surface area contributed by atoms with E-state index in [4.69, 9.17) is 5.73 Å². The molecular weight excluding hydrogens is 252 g/mol. The van der Waals surface area contributed by atoms with E-state index in [2.05, 4.69) is 9.82 Å². The summed E-state index contributed by atoms with van der Waals surface area (Å²) < 4.78 is 28.8. The fourth-order valence-electron chi connectivity index (χ4n) is 1.82. The molecule has 1 rings (SSSR count). The number of sulfonamides is 1. The standard InChI is InChI=1S/C11H22N4O2S/c1-5-8(2)14-18(16,17)11-9(3)13-15(7-6-12)10(11)4/h8,14H,5-7,12H2,1-4H3. The summed E-state index contributed by atoms with van der Waals surface area (Å²) in [4.78, 5) is 0.274. The third-order valence-corrected chi connectivity index (χ3v) is 4.73. The molecule has 1 aromatic rings. The quantitative estimate of drug-likeness (QED) is 0.792. The zero-order valence-corrected chi connectivity index (χ0v) is 12.2. The average molecular weight is 274 g/mol. The van der Waals surface area contributed by atoms with E-state index in [0.717, 1.165) is 6.42 Å². The van der Waals surface area contributed by atoms with Gasteiger partial charge in [-0.25, -0.2) is 13.1 Å². The Morgan fingerprint density at radius 3 is 2.56 bits per heavy atom. The molecular formula is C11H22N4O2S. The van der Waals surface area contributed by atoms with Crippen LogP contribution in [0.25, 0.3) is 0 Å². The fraction of sp³-hybridized carbons (Fsp3) is 0.727. The summed E-state index contributed by atoms with van der Waals surface area (Å²) in [5.41, 5.74) is 6.62. The molecule has 18 heavy (non-hydrogen) atoms. The van der Waals surface area contributed by atoms with Crippen molar-refractivity contribution in [3.05, 3.63) is 11.4 Å². The highest BCUT2D eigenvalue weighted by Gasteiger charge is 2.25. The maximum Gasteiger partial charge on any atom is 0.244 e. The molecule has 1 aromatic heterocycles. The molecule has 104 valence electrons. The van der Waals surface area contributed by atoms with Crippen molar-refractivity contribution in [2.24, 2.45) is 5.73 Å². The van der Waals surface area contributed by atoms with Crippen LogP contribution < -0.4 is 10.5 Å². The highest BCUT2D eigenvalue weighted by molar-refractivity contribution is 7.89. The molecule has 0 aromatic carbocycles. The van der Waals surface area contributed by atoms with E-state index in [0.29, 0.717) is 24.5 Å². The summed E-state index contributed by atoms with van der Waals surface area (Å²) in [7, 11) is -3.50. The van der Waals surface area contributed by atoms with Gasteiger partial charge in [0.2, 0.25) is 10.0 Å². The van der Waals surface area contributed by atoms with E-state index in [1.807, 2.05) is 13.8 Å². The van der Waals surface area contributed by atoms with Gasteiger partial charge in [0.25, 0.3) is 0 Å². The zero-order valence-electron chi connectivity index (χ0n) is 11.4. The monoisotopic (exact) mass is 274 g/mol. The van der Waals surface area contributed by atoms with Crippen LogP contribution in [0.4, 0.5) is 0 Å². The molecule has 0 saturated heterocycles. The minimum atomic E-state index is -3.50. The van der Waals surface area contributed by atoms with Crippen molar-refractivity contribution in [3.8, 4) is 0 Å². The fourth-order valence-corrected chi connectivity index (χ4v) is 3.55. The zero-order chi connectivity index (χ0) is 13.9. The minimum absolute atomic E-state index is 0.0911. The third kappa shape index (κ3) is 3.09. The number of hydrogen-bond donors (Lipinski definition) is 2. The number of rotatable bonds is 6. The first-order chi connectivity index (χ1) is 8.33. The second-order valence-corrected chi connectivity index (χ2v) is 6.09. The second-order valence-electron chi connectivity index (χ2n) is 4.44. The molecule has 0 bridgehead atoms. The predicted octanol–water partition coefficient (Wildman–Crippen LogP) is 0.535. The van der Waals surface area contributed by atoms with Crippen LogP contribution in [0.2, 0.25) is 0 Å². The van der Waals surface area contributed by atoms with Gasteiger partial charge in [0.15, 0.2) is 0 Å². The predicted molar refractivity (Wildman–Crippen MR) is 70.8 cm³/mol. The van der Waals surface area contributed by atoms with Gasteiger partial charge in [-0.2, -0.15) is 5.10 Å². The largest absolute Gasteiger partial charge is 0.329 e. The topological polar surface area (TPSA) is 90.0 Å². The van der Waals surface area contributed by atoms with Crippen molar-refractivity contribution in [2.45, 2.75) is 51.6 Å². The van der Waals surface area contributed by atoms with Crippen LogP contribution in [-0.4, -0.2) is 30.8 Å². The van der Waals surface area contributed by atoms with Crippen molar-refractivity contribution in [1.29, 1.82) is 0 Å². The van der Waals surface area contributed by atoms with E-state index in [1.54, 1.807) is 18.5 Å².